The number of amides is 3. The van der Waals surface area contributed by atoms with Crippen LogP contribution in [0.3, 0.4) is 0 Å². The van der Waals surface area contributed by atoms with Gasteiger partial charge in [0.1, 0.15) is 12.1 Å². The first-order valence-corrected chi connectivity index (χ1v) is 8.58. The molecule has 1 aromatic rings. The first kappa shape index (κ1) is 16.5. The summed E-state index contributed by atoms with van der Waals surface area (Å²) in [5.41, 5.74) is 1.61. The van der Waals surface area contributed by atoms with Gasteiger partial charge in [-0.3, -0.25) is 14.4 Å². The van der Waals surface area contributed by atoms with E-state index < -0.39 is 12.1 Å². The van der Waals surface area contributed by atoms with Crippen LogP contribution in [-0.2, 0) is 16.1 Å². The number of benzene rings is 1. The number of carbonyl (C=O) groups is 3. The monoisotopic (exact) mass is 329 g/mol. The van der Waals surface area contributed by atoms with Gasteiger partial charge in [-0.1, -0.05) is 25.1 Å². The average Bonchev–Trinajstić information content (AvgIpc) is 2.77. The summed E-state index contributed by atoms with van der Waals surface area (Å²) in [6.07, 6.45) is 2.98. The first-order chi connectivity index (χ1) is 11.6. The van der Waals surface area contributed by atoms with E-state index in [4.69, 9.17) is 0 Å². The minimum atomic E-state index is -0.555. The molecule has 1 aromatic carbocycles. The van der Waals surface area contributed by atoms with Gasteiger partial charge >= 0.3 is 0 Å². The van der Waals surface area contributed by atoms with Crippen molar-refractivity contribution in [3.05, 3.63) is 35.4 Å². The van der Waals surface area contributed by atoms with E-state index in [0.717, 1.165) is 18.4 Å². The van der Waals surface area contributed by atoms with E-state index in [-0.39, 0.29) is 17.7 Å². The Kier molecular flexibility index (Phi) is 4.83. The van der Waals surface area contributed by atoms with Crippen molar-refractivity contribution >= 4 is 17.7 Å². The van der Waals surface area contributed by atoms with Gasteiger partial charge in [-0.25, -0.2) is 0 Å². The Morgan fingerprint density at radius 3 is 2.88 bits per heavy atom. The van der Waals surface area contributed by atoms with E-state index in [0.29, 0.717) is 31.5 Å². The van der Waals surface area contributed by atoms with Gasteiger partial charge in [0.2, 0.25) is 11.8 Å². The van der Waals surface area contributed by atoms with Gasteiger partial charge < -0.3 is 15.5 Å². The van der Waals surface area contributed by atoms with Crippen LogP contribution in [0, 0.1) is 0 Å². The fourth-order valence-electron chi connectivity index (χ4n) is 3.42. The molecule has 128 valence electrons. The van der Waals surface area contributed by atoms with Crippen LogP contribution < -0.4 is 10.6 Å². The number of carbonyl (C=O) groups excluding carboxylic acids is 3. The third kappa shape index (κ3) is 3.13. The zero-order valence-electron chi connectivity index (χ0n) is 13.9. The summed E-state index contributed by atoms with van der Waals surface area (Å²) in [5, 5.41) is 5.65. The zero-order chi connectivity index (χ0) is 17.1. The van der Waals surface area contributed by atoms with Crippen molar-refractivity contribution in [2.75, 3.05) is 6.54 Å². The lowest BCUT2D eigenvalue weighted by Crippen LogP contribution is -2.53. The molecule has 1 saturated heterocycles. The fourth-order valence-corrected chi connectivity index (χ4v) is 3.42. The van der Waals surface area contributed by atoms with E-state index in [9.17, 15) is 14.4 Å². The van der Waals surface area contributed by atoms with Gasteiger partial charge in [-0.2, -0.15) is 0 Å². The number of fused-ring (bicyclic) bond motifs is 1. The Hall–Kier alpha value is -2.37. The quantitative estimate of drug-likeness (QED) is 0.871. The van der Waals surface area contributed by atoms with Crippen LogP contribution in [0.2, 0.25) is 0 Å². The first-order valence-electron chi connectivity index (χ1n) is 8.58. The van der Waals surface area contributed by atoms with E-state index in [2.05, 4.69) is 10.6 Å². The molecular weight excluding hydrogens is 306 g/mol. The summed E-state index contributed by atoms with van der Waals surface area (Å²) in [6.45, 7) is 2.98. The molecule has 3 rings (SSSR count). The Balaban J connectivity index is 1.71. The molecule has 6 heteroatoms. The molecular formula is C18H23N3O3. The second-order valence-electron chi connectivity index (χ2n) is 6.36. The molecule has 0 bridgehead atoms. The van der Waals surface area contributed by atoms with Crippen LogP contribution in [0.25, 0.3) is 0 Å². The molecule has 6 nitrogen and oxygen atoms in total. The topological polar surface area (TPSA) is 78.5 Å². The van der Waals surface area contributed by atoms with Crippen molar-refractivity contribution in [3.63, 3.8) is 0 Å². The lowest BCUT2D eigenvalue weighted by molar-refractivity contribution is -0.131. The number of hydrogen-bond acceptors (Lipinski definition) is 3. The minimum Gasteiger partial charge on any atom is -0.354 e. The molecule has 2 aliphatic rings. The van der Waals surface area contributed by atoms with Gasteiger partial charge in [0.25, 0.3) is 5.91 Å². The lowest BCUT2D eigenvalue weighted by Gasteiger charge is -2.27. The van der Waals surface area contributed by atoms with Gasteiger partial charge in [-0.15, -0.1) is 0 Å². The summed E-state index contributed by atoms with van der Waals surface area (Å²) >= 11 is 0. The molecule has 0 aromatic heterocycles. The molecule has 2 heterocycles. The predicted molar refractivity (Wildman–Crippen MR) is 89.2 cm³/mol. The Bertz CT molecular complexity index is 659. The largest absolute Gasteiger partial charge is 0.354 e. The van der Waals surface area contributed by atoms with Crippen LogP contribution in [0.4, 0.5) is 0 Å². The standard InChI is InChI=1S/C18H23N3O3/c1-2-15(17(23)20-14-9-5-6-10-19-16(14)22)21-11-12-7-3-4-8-13(12)18(21)24/h3-4,7-8,14-15H,2,5-6,9-11H2,1H3,(H,19,22)(H,20,23)/t14-,15?/m0/s1. The summed E-state index contributed by atoms with van der Waals surface area (Å²) in [7, 11) is 0. The van der Waals surface area contributed by atoms with E-state index >= 15 is 0 Å². The van der Waals surface area contributed by atoms with Crippen molar-refractivity contribution in [3.8, 4) is 0 Å². The van der Waals surface area contributed by atoms with Gasteiger partial charge in [0, 0.05) is 18.7 Å². The highest BCUT2D eigenvalue weighted by molar-refractivity contribution is 6.01. The molecule has 2 aliphatic heterocycles. The molecule has 0 saturated carbocycles. The van der Waals surface area contributed by atoms with E-state index in [1.54, 1.807) is 11.0 Å². The Labute approximate surface area is 141 Å². The molecule has 0 aliphatic carbocycles. The smallest absolute Gasteiger partial charge is 0.255 e. The molecule has 1 unspecified atom stereocenters. The second-order valence-corrected chi connectivity index (χ2v) is 6.36. The summed E-state index contributed by atoms with van der Waals surface area (Å²) in [4.78, 5) is 38.9. The maximum absolute atomic E-state index is 12.7. The van der Waals surface area contributed by atoms with Crippen molar-refractivity contribution < 1.29 is 14.4 Å². The van der Waals surface area contributed by atoms with Crippen molar-refractivity contribution in [1.82, 2.24) is 15.5 Å². The summed E-state index contributed by atoms with van der Waals surface area (Å²) in [6, 6.07) is 6.37. The van der Waals surface area contributed by atoms with Crippen molar-refractivity contribution in [2.45, 2.75) is 51.2 Å². The maximum Gasteiger partial charge on any atom is 0.255 e. The molecule has 2 atom stereocenters. The highest BCUT2D eigenvalue weighted by Crippen LogP contribution is 2.25. The van der Waals surface area contributed by atoms with E-state index in [1.807, 2.05) is 25.1 Å². The minimum absolute atomic E-state index is 0.113. The van der Waals surface area contributed by atoms with Crippen LogP contribution in [0.15, 0.2) is 24.3 Å². The second kappa shape index (κ2) is 7.03. The highest BCUT2D eigenvalue weighted by Gasteiger charge is 2.36. The molecule has 1 fully saturated rings. The number of nitrogens with one attached hydrogen (secondary N) is 2. The fraction of sp³-hybridized carbons (Fsp3) is 0.500. The number of hydrogen-bond donors (Lipinski definition) is 2. The highest BCUT2D eigenvalue weighted by atomic mass is 16.2. The molecule has 0 spiro atoms. The Morgan fingerprint density at radius 1 is 1.33 bits per heavy atom. The SMILES string of the molecule is CCC(C(=O)N[C@H]1CCCCNC1=O)N1Cc2ccccc2C1=O. The normalized spacial score (nSPS) is 21.7. The third-order valence-electron chi connectivity index (χ3n) is 4.77. The summed E-state index contributed by atoms with van der Waals surface area (Å²) < 4.78 is 0. The molecule has 2 N–H and O–H groups in total. The average molecular weight is 329 g/mol. The van der Waals surface area contributed by atoms with Gasteiger partial charge in [0.15, 0.2) is 0 Å². The lowest BCUT2D eigenvalue weighted by atomic mass is 10.1. The molecule has 0 radical (unpaired) electrons. The number of nitrogens with zero attached hydrogens (tertiary/aromatic N) is 1. The number of rotatable bonds is 4. The van der Waals surface area contributed by atoms with Crippen LogP contribution in [0.1, 0.15) is 48.5 Å². The van der Waals surface area contributed by atoms with Gasteiger partial charge in [-0.05, 0) is 37.3 Å². The maximum atomic E-state index is 12.7. The van der Waals surface area contributed by atoms with Crippen molar-refractivity contribution in [1.29, 1.82) is 0 Å². The molecule has 3 amide bonds. The summed E-state index contributed by atoms with van der Waals surface area (Å²) in [5.74, 6) is -0.495. The zero-order valence-corrected chi connectivity index (χ0v) is 13.9. The van der Waals surface area contributed by atoms with Gasteiger partial charge in [0.05, 0.1) is 0 Å². The predicted octanol–water partition coefficient (Wildman–Crippen LogP) is 1.21. The van der Waals surface area contributed by atoms with Crippen LogP contribution >= 0.6 is 0 Å². The Morgan fingerprint density at radius 2 is 2.12 bits per heavy atom. The van der Waals surface area contributed by atoms with Crippen LogP contribution in [0.5, 0.6) is 0 Å². The van der Waals surface area contributed by atoms with E-state index in [1.165, 1.54) is 0 Å². The van der Waals surface area contributed by atoms with Crippen LogP contribution in [-0.4, -0.2) is 41.2 Å². The third-order valence-corrected chi connectivity index (χ3v) is 4.77. The van der Waals surface area contributed by atoms with Crippen molar-refractivity contribution in [2.24, 2.45) is 0 Å². The molecule has 24 heavy (non-hydrogen) atoms.